The van der Waals surface area contributed by atoms with E-state index in [1.54, 1.807) is 12.1 Å². The van der Waals surface area contributed by atoms with Gasteiger partial charge in [0.05, 0.1) is 4.92 Å². The number of hydrogen-bond donors (Lipinski definition) is 1. The number of piperazine rings is 1. The number of halogens is 1. The second-order valence-corrected chi connectivity index (χ2v) is 5.20. The van der Waals surface area contributed by atoms with Crippen LogP contribution in [0.25, 0.3) is 0 Å². The van der Waals surface area contributed by atoms with Crippen molar-refractivity contribution in [1.29, 1.82) is 0 Å². The van der Waals surface area contributed by atoms with Gasteiger partial charge in [-0.25, -0.2) is 0 Å². The van der Waals surface area contributed by atoms with Crippen LogP contribution in [0.1, 0.15) is 13.8 Å². The summed E-state index contributed by atoms with van der Waals surface area (Å²) in [5.74, 6) is 0. The summed E-state index contributed by atoms with van der Waals surface area (Å²) >= 11 is 5.82. The van der Waals surface area contributed by atoms with Crippen molar-refractivity contribution in [2.45, 2.75) is 25.9 Å². The average Bonchev–Trinajstić information content (AvgIpc) is 2.27. The Morgan fingerprint density at radius 1 is 1.39 bits per heavy atom. The fraction of sp³-hybridized carbons (Fsp3) is 0.500. The summed E-state index contributed by atoms with van der Waals surface area (Å²) in [6, 6.07) is 5.45. The van der Waals surface area contributed by atoms with Gasteiger partial charge >= 0.3 is 0 Å². The number of nitro benzene ring substituents is 1. The van der Waals surface area contributed by atoms with Crippen molar-refractivity contribution in [2.75, 3.05) is 18.0 Å². The van der Waals surface area contributed by atoms with Crippen molar-refractivity contribution in [1.82, 2.24) is 5.32 Å². The molecule has 1 aromatic carbocycles. The topological polar surface area (TPSA) is 58.4 Å². The summed E-state index contributed by atoms with van der Waals surface area (Å²) in [4.78, 5) is 12.7. The fourth-order valence-electron chi connectivity index (χ4n) is 2.43. The largest absolute Gasteiger partial charge is 0.363 e. The number of anilines is 1. The molecule has 0 amide bonds. The van der Waals surface area contributed by atoms with Crippen molar-refractivity contribution in [3.05, 3.63) is 33.3 Å². The zero-order valence-corrected chi connectivity index (χ0v) is 11.1. The molecule has 0 radical (unpaired) electrons. The van der Waals surface area contributed by atoms with Gasteiger partial charge in [0.1, 0.15) is 5.69 Å². The van der Waals surface area contributed by atoms with Gasteiger partial charge in [0.25, 0.3) is 5.69 Å². The van der Waals surface area contributed by atoms with Gasteiger partial charge in [-0.15, -0.1) is 0 Å². The Balaban J connectivity index is 2.35. The first kappa shape index (κ1) is 13.1. The van der Waals surface area contributed by atoms with Crippen molar-refractivity contribution in [2.24, 2.45) is 0 Å². The summed E-state index contributed by atoms with van der Waals surface area (Å²) in [7, 11) is 0. The van der Waals surface area contributed by atoms with Crippen molar-refractivity contribution in [3.63, 3.8) is 0 Å². The second-order valence-electron chi connectivity index (χ2n) is 4.76. The van der Waals surface area contributed by atoms with Crippen LogP contribution in [0.3, 0.4) is 0 Å². The molecule has 1 aliphatic rings. The first-order valence-corrected chi connectivity index (χ1v) is 6.30. The molecule has 0 saturated carbocycles. The molecule has 18 heavy (non-hydrogen) atoms. The third-order valence-corrected chi connectivity index (χ3v) is 3.27. The summed E-state index contributed by atoms with van der Waals surface area (Å²) in [6.45, 7) is 5.66. The average molecular weight is 270 g/mol. The van der Waals surface area contributed by atoms with Crippen LogP contribution in [0.4, 0.5) is 11.4 Å². The van der Waals surface area contributed by atoms with Gasteiger partial charge in [-0.2, -0.15) is 0 Å². The van der Waals surface area contributed by atoms with Gasteiger partial charge in [0.15, 0.2) is 0 Å². The third kappa shape index (κ3) is 2.73. The standard InChI is InChI=1S/C12H16ClN3O2/c1-8-6-15(7-9(2)14-8)11-4-3-10(13)5-12(11)16(17)18/h3-5,8-9,14H,6-7H2,1-2H3/t8-,9-/m1/s1. The molecule has 1 fully saturated rings. The Kier molecular flexibility index (Phi) is 3.73. The van der Waals surface area contributed by atoms with Crippen LogP contribution in [0.5, 0.6) is 0 Å². The molecule has 1 heterocycles. The number of rotatable bonds is 2. The molecule has 2 atom stereocenters. The Morgan fingerprint density at radius 3 is 2.56 bits per heavy atom. The van der Waals surface area contributed by atoms with Gasteiger partial charge < -0.3 is 10.2 Å². The highest BCUT2D eigenvalue weighted by molar-refractivity contribution is 6.30. The lowest BCUT2D eigenvalue weighted by molar-refractivity contribution is -0.384. The minimum atomic E-state index is -0.376. The van der Waals surface area contributed by atoms with Gasteiger partial charge in [0, 0.05) is 36.3 Å². The highest BCUT2D eigenvalue weighted by Gasteiger charge is 2.26. The van der Waals surface area contributed by atoms with Crippen molar-refractivity contribution in [3.8, 4) is 0 Å². The first-order valence-electron chi connectivity index (χ1n) is 5.92. The monoisotopic (exact) mass is 269 g/mol. The molecule has 1 aromatic rings. The zero-order valence-electron chi connectivity index (χ0n) is 10.4. The van der Waals surface area contributed by atoms with E-state index in [9.17, 15) is 10.1 Å². The number of hydrogen-bond acceptors (Lipinski definition) is 4. The molecule has 6 heteroatoms. The smallest absolute Gasteiger partial charge is 0.294 e. The number of nitrogens with one attached hydrogen (secondary N) is 1. The number of benzene rings is 1. The molecule has 0 bridgehead atoms. The zero-order chi connectivity index (χ0) is 13.3. The number of nitrogens with zero attached hydrogens (tertiary/aromatic N) is 2. The van der Waals surface area contributed by atoms with E-state index in [0.717, 1.165) is 13.1 Å². The molecule has 1 saturated heterocycles. The summed E-state index contributed by atoms with van der Waals surface area (Å²) in [5.41, 5.74) is 0.716. The molecule has 5 nitrogen and oxygen atoms in total. The quantitative estimate of drug-likeness (QED) is 0.662. The van der Waals surface area contributed by atoms with E-state index in [4.69, 9.17) is 11.6 Å². The Labute approximate surface area is 111 Å². The van der Waals surface area contributed by atoms with Crippen molar-refractivity contribution >= 4 is 23.0 Å². The normalized spacial score (nSPS) is 24.1. The minimum Gasteiger partial charge on any atom is -0.363 e. The molecule has 1 aliphatic heterocycles. The highest BCUT2D eigenvalue weighted by Crippen LogP contribution is 2.31. The molecular formula is C12H16ClN3O2. The van der Waals surface area contributed by atoms with E-state index in [2.05, 4.69) is 19.2 Å². The predicted molar refractivity (Wildman–Crippen MR) is 72.4 cm³/mol. The van der Waals surface area contributed by atoms with Crippen LogP contribution >= 0.6 is 11.6 Å². The Bertz CT molecular complexity index is 457. The summed E-state index contributed by atoms with van der Waals surface area (Å²) < 4.78 is 0. The highest BCUT2D eigenvalue weighted by atomic mass is 35.5. The van der Waals surface area contributed by atoms with E-state index >= 15 is 0 Å². The molecular weight excluding hydrogens is 254 g/mol. The summed E-state index contributed by atoms with van der Waals surface area (Å²) in [5, 5.41) is 14.9. The van der Waals surface area contributed by atoms with Crippen LogP contribution in [0, 0.1) is 10.1 Å². The Hall–Kier alpha value is -1.33. The third-order valence-electron chi connectivity index (χ3n) is 3.03. The maximum absolute atomic E-state index is 11.1. The van der Waals surface area contributed by atoms with Crippen LogP contribution in [-0.2, 0) is 0 Å². The second kappa shape index (κ2) is 5.12. The molecule has 2 rings (SSSR count). The Morgan fingerprint density at radius 2 is 2.00 bits per heavy atom. The maximum atomic E-state index is 11.1. The van der Waals surface area contributed by atoms with Crippen molar-refractivity contribution < 1.29 is 4.92 Å². The lowest BCUT2D eigenvalue weighted by Gasteiger charge is -2.37. The first-order chi connectivity index (χ1) is 8.47. The van der Waals surface area contributed by atoms with Crippen LogP contribution in [0.15, 0.2) is 18.2 Å². The fourth-order valence-corrected chi connectivity index (χ4v) is 2.60. The van der Waals surface area contributed by atoms with Gasteiger partial charge in [-0.1, -0.05) is 11.6 Å². The molecule has 0 spiro atoms. The van der Waals surface area contributed by atoms with Crippen LogP contribution in [0.2, 0.25) is 5.02 Å². The molecule has 0 unspecified atom stereocenters. The molecule has 0 aromatic heterocycles. The van der Waals surface area contributed by atoms with Crippen LogP contribution in [-0.4, -0.2) is 30.1 Å². The maximum Gasteiger partial charge on any atom is 0.294 e. The van der Waals surface area contributed by atoms with Gasteiger partial charge in [-0.05, 0) is 26.0 Å². The van der Waals surface area contributed by atoms with Gasteiger partial charge in [-0.3, -0.25) is 10.1 Å². The number of nitro groups is 1. The summed E-state index contributed by atoms with van der Waals surface area (Å²) in [6.07, 6.45) is 0. The molecule has 98 valence electrons. The van der Waals surface area contributed by atoms with Crippen LogP contribution < -0.4 is 10.2 Å². The van der Waals surface area contributed by atoms with E-state index in [1.165, 1.54) is 6.07 Å². The van der Waals surface area contributed by atoms with E-state index < -0.39 is 0 Å². The van der Waals surface area contributed by atoms with E-state index in [1.807, 2.05) is 4.90 Å². The lowest BCUT2D eigenvalue weighted by Crippen LogP contribution is -2.54. The molecule has 0 aliphatic carbocycles. The lowest BCUT2D eigenvalue weighted by atomic mass is 10.1. The SMILES string of the molecule is C[C@@H]1CN(c2ccc(Cl)cc2[N+](=O)[O-])C[C@@H](C)N1. The van der Waals surface area contributed by atoms with E-state index in [0.29, 0.717) is 22.8 Å². The van der Waals surface area contributed by atoms with E-state index in [-0.39, 0.29) is 10.6 Å². The predicted octanol–water partition coefficient (Wildman–Crippen LogP) is 2.43. The molecule has 1 N–H and O–H groups in total. The van der Waals surface area contributed by atoms with Gasteiger partial charge in [0.2, 0.25) is 0 Å². The minimum absolute atomic E-state index is 0.0730.